The molecule has 0 saturated heterocycles. The molecule has 0 bridgehead atoms. The van der Waals surface area contributed by atoms with Gasteiger partial charge in [-0.3, -0.25) is 13.9 Å². The Morgan fingerprint density at radius 2 is 1.75 bits per heavy atom. The minimum atomic E-state index is -3.86. The quantitative estimate of drug-likeness (QED) is 0.513. The molecule has 1 aliphatic carbocycles. The van der Waals surface area contributed by atoms with E-state index in [4.69, 9.17) is 11.6 Å². The average molecular weight is 538 g/mol. The van der Waals surface area contributed by atoms with Crippen molar-refractivity contribution in [3.05, 3.63) is 64.4 Å². The Kier molecular flexibility index (Phi) is 9.35. The van der Waals surface area contributed by atoms with Gasteiger partial charge >= 0.3 is 0 Å². The molecule has 1 aliphatic rings. The lowest BCUT2D eigenvalue weighted by atomic mass is 9.95. The van der Waals surface area contributed by atoms with E-state index in [1.54, 1.807) is 26.0 Å². The van der Waals surface area contributed by atoms with E-state index in [0.29, 0.717) is 21.8 Å². The topological polar surface area (TPSA) is 86.8 Å². The zero-order valence-electron chi connectivity index (χ0n) is 20.8. The lowest BCUT2D eigenvalue weighted by Crippen LogP contribution is -2.53. The molecule has 0 radical (unpaired) electrons. The van der Waals surface area contributed by atoms with Crippen LogP contribution in [-0.2, 0) is 26.2 Å². The number of rotatable bonds is 9. The highest BCUT2D eigenvalue weighted by molar-refractivity contribution is 7.92. The van der Waals surface area contributed by atoms with Gasteiger partial charge in [-0.15, -0.1) is 0 Å². The molecule has 7 nitrogen and oxygen atoms in total. The summed E-state index contributed by atoms with van der Waals surface area (Å²) in [6, 6.07) is 9.64. The molecule has 2 aromatic rings. The molecule has 3 rings (SSSR count). The zero-order chi connectivity index (χ0) is 26.5. The van der Waals surface area contributed by atoms with Gasteiger partial charge in [-0.2, -0.15) is 0 Å². The fourth-order valence-corrected chi connectivity index (χ4v) is 5.45. The van der Waals surface area contributed by atoms with E-state index in [2.05, 4.69) is 5.32 Å². The lowest BCUT2D eigenvalue weighted by molar-refractivity contribution is -0.139. The number of anilines is 1. The van der Waals surface area contributed by atoms with E-state index >= 15 is 0 Å². The Balaban J connectivity index is 1.89. The maximum atomic E-state index is 13.6. The van der Waals surface area contributed by atoms with Crippen LogP contribution in [0.1, 0.15) is 50.2 Å². The number of carbonyl (C=O) groups is 2. The molecule has 1 fully saturated rings. The second-order valence-electron chi connectivity index (χ2n) is 9.37. The van der Waals surface area contributed by atoms with Crippen LogP contribution in [0.3, 0.4) is 0 Å². The first-order valence-corrected chi connectivity index (χ1v) is 14.3. The molecule has 0 heterocycles. The Morgan fingerprint density at radius 3 is 2.36 bits per heavy atom. The van der Waals surface area contributed by atoms with Crippen LogP contribution in [0.15, 0.2) is 42.5 Å². The summed E-state index contributed by atoms with van der Waals surface area (Å²) in [7, 11) is -3.86. The summed E-state index contributed by atoms with van der Waals surface area (Å²) in [6.07, 6.45) is 6.02. The summed E-state index contributed by atoms with van der Waals surface area (Å²) in [5, 5.41) is 3.37. The van der Waals surface area contributed by atoms with Gasteiger partial charge in [-0.25, -0.2) is 12.8 Å². The van der Waals surface area contributed by atoms with E-state index < -0.39 is 34.3 Å². The van der Waals surface area contributed by atoms with Crippen molar-refractivity contribution in [1.29, 1.82) is 0 Å². The summed E-state index contributed by atoms with van der Waals surface area (Å²) in [6.45, 7) is 2.85. The van der Waals surface area contributed by atoms with Crippen LogP contribution < -0.4 is 9.62 Å². The van der Waals surface area contributed by atoms with Crippen molar-refractivity contribution in [2.45, 2.75) is 64.6 Å². The minimum absolute atomic E-state index is 0.0183. The van der Waals surface area contributed by atoms with Crippen LogP contribution in [0.5, 0.6) is 0 Å². The third-order valence-corrected chi connectivity index (χ3v) is 7.87. The number of halogens is 2. The molecule has 0 aliphatic heterocycles. The van der Waals surface area contributed by atoms with E-state index in [-0.39, 0.29) is 18.5 Å². The largest absolute Gasteiger partial charge is 0.352 e. The number of nitrogens with one attached hydrogen (secondary N) is 1. The average Bonchev–Trinajstić information content (AvgIpc) is 2.83. The molecule has 1 atom stereocenters. The summed E-state index contributed by atoms with van der Waals surface area (Å²) >= 11 is 6.11. The summed E-state index contributed by atoms with van der Waals surface area (Å²) in [4.78, 5) is 28.1. The number of amides is 2. The number of sulfonamides is 1. The Labute approximate surface area is 217 Å². The lowest BCUT2D eigenvalue weighted by Gasteiger charge is -2.33. The molecule has 0 unspecified atom stereocenters. The zero-order valence-corrected chi connectivity index (χ0v) is 22.4. The summed E-state index contributed by atoms with van der Waals surface area (Å²) < 4.78 is 39.9. The van der Waals surface area contributed by atoms with Crippen LogP contribution in [-0.4, -0.2) is 50.0 Å². The smallest absolute Gasteiger partial charge is 0.244 e. The van der Waals surface area contributed by atoms with E-state index in [1.165, 1.54) is 35.2 Å². The SMILES string of the molecule is Cc1ccc(Cl)cc1N(CC(=O)N(Cc1ccc(F)cc1)[C@H](C)C(=O)NC1CCCCC1)S(C)(=O)=O. The summed E-state index contributed by atoms with van der Waals surface area (Å²) in [5.41, 5.74) is 1.54. The van der Waals surface area contributed by atoms with Crippen molar-refractivity contribution >= 4 is 39.1 Å². The van der Waals surface area contributed by atoms with Crippen LogP contribution >= 0.6 is 11.6 Å². The maximum Gasteiger partial charge on any atom is 0.244 e. The predicted molar refractivity (Wildman–Crippen MR) is 140 cm³/mol. The highest BCUT2D eigenvalue weighted by Gasteiger charge is 2.31. The molecular weight excluding hydrogens is 505 g/mol. The Hall–Kier alpha value is -2.65. The molecule has 196 valence electrons. The number of benzene rings is 2. The van der Waals surface area contributed by atoms with Crippen molar-refractivity contribution in [3.8, 4) is 0 Å². The summed E-state index contributed by atoms with van der Waals surface area (Å²) in [5.74, 6) is -1.28. The predicted octanol–water partition coefficient (Wildman–Crippen LogP) is 4.42. The fourth-order valence-electron chi connectivity index (χ4n) is 4.38. The number of aryl methyl sites for hydroxylation is 1. The third-order valence-electron chi connectivity index (χ3n) is 6.50. The van der Waals surface area contributed by atoms with Crippen molar-refractivity contribution < 1.29 is 22.4 Å². The monoisotopic (exact) mass is 537 g/mol. The molecule has 36 heavy (non-hydrogen) atoms. The minimum Gasteiger partial charge on any atom is -0.352 e. The van der Waals surface area contributed by atoms with Gasteiger partial charge in [0.1, 0.15) is 18.4 Å². The standard InChI is InChI=1S/C26H33ClFN3O4S/c1-18-9-12-21(27)15-24(18)31(36(3,34)35)17-25(32)30(16-20-10-13-22(28)14-11-20)19(2)26(33)29-23-7-5-4-6-8-23/h9-15,19,23H,4-8,16-17H2,1-3H3,(H,29,33)/t19-/m1/s1. The van der Waals surface area contributed by atoms with Gasteiger partial charge in [-0.05, 0) is 62.1 Å². The maximum absolute atomic E-state index is 13.6. The Morgan fingerprint density at radius 1 is 1.11 bits per heavy atom. The van der Waals surface area contributed by atoms with Gasteiger partial charge in [0.25, 0.3) is 0 Å². The first kappa shape index (κ1) is 27.9. The van der Waals surface area contributed by atoms with E-state index in [1.807, 2.05) is 0 Å². The fraction of sp³-hybridized carbons (Fsp3) is 0.462. The molecule has 2 amide bonds. The van der Waals surface area contributed by atoms with Gasteiger partial charge in [-0.1, -0.05) is 49.1 Å². The van der Waals surface area contributed by atoms with Crippen LogP contribution in [0.4, 0.5) is 10.1 Å². The normalized spacial score (nSPS) is 15.2. The number of nitrogens with zero attached hydrogens (tertiary/aromatic N) is 2. The second kappa shape index (κ2) is 12.1. The van der Waals surface area contributed by atoms with Crippen molar-refractivity contribution in [2.24, 2.45) is 0 Å². The second-order valence-corrected chi connectivity index (χ2v) is 11.7. The van der Waals surface area contributed by atoms with Crippen LogP contribution in [0, 0.1) is 12.7 Å². The number of carbonyl (C=O) groups excluding carboxylic acids is 2. The van der Waals surface area contributed by atoms with E-state index in [0.717, 1.165) is 42.7 Å². The van der Waals surface area contributed by atoms with Crippen molar-refractivity contribution in [3.63, 3.8) is 0 Å². The van der Waals surface area contributed by atoms with Crippen LogP contribution in [0.2, 0.25) is 5.02 Å². The van der Waals surface area contributed by atoms with Gasteiger partial charge in [0, 0.05) is 17.6 Å². The van der Waals surface area contributed by atoms with E-state index in [9.17, 15) is 22.4 Å². The van der Waals surface area contributed by atoms with Gasteiger partial charge in [0.2, 0.25) is 21.8 Å². The highest BCUT2D eigenvalue weighted by atomic mass is 35.5. The van der Waals surface area contributed by atoms with Crippen LogP contribution in [0.25, 0.3) is 0 Å². The molecule has 10 heteroatoms. The molecule has 2 aromatic carbocycles. The molecule has 1 saturated carbocycles. The molecule has 0 spiro atoms. The first-order valence-electron chi connectivity index (χ1n) is 12.0. The van der Waals surface area contributed by atoms with Gasteiger partial charge in [0.05, 0.1) is 11.9 Å². The third kappa shape index (κ3) is 7.43. The molecular formula is C26H33ClFN3O4S. The first-order chi connectivity index (χ1) is 17.0. The van der Waals surface area contributed by atoms with Crippen molar-refractivity contribution in [2.75, 3.05) is 17.1 Å². The molecule has 1 N–H and O–H groups in total. The molecule has 0 aromatic heterocycles. The highest BCUT2D eigenvalue weighted by Crippen LogP contribution is 2.27. The number of hydrogen-bond acceptors (Lipinski definition) is 4. The Bertz CT molecular complexity index is 1180. The van der Waals surface area contributed by atoms with Gasteiger partial charge in [0.15, 0.2) is 0 Å². The van der Waals surface area contributed by atoms with Gasteiger partial charge < -0.3 is 10.2 Å². The van der Waals surface area contributed by atoms with Crippen molar-refractivity contribution in [1.82, 2.24) is 10.2 Å². The number of hydrogen-bond donors (Lipinski definition) is 1.